The first-order valence-electron chi connectivity index (χ1n) is 4.63. The average molecular weight is 188 g/mol. The number of allylic oxidation sites excluding steroid dienone is 1. The Morgan fingerprint density at radius 1 is 1.17 bits per heavy atom. The first-order valence-corrected chi connectivity index (χ1v) is 6.86. The summed E-state index contributed by atoms with van der Waals surface area (Å²) in [5.74, 6) is 0. The second-order valence-electron chi connectivity index (χ2n) is 2.62. The summed E-state index contributed by atoms with van der Waals surface area (Å²) in [6.45, 7) is 11.4. The summed E-state index contributed by atoms with van der Waals surface area (Å²) in [7, 11) is -1.89. The quantitative estimate of drug-likeness (QED) is 0.452. The Kier molecular flexibility index (Phi) is 6.33. The first kappa shape index (κ1) is 11.9. The molecule has 0 spiro atoms. The Hall–Kier alpha value is -0.123. The number of hydrogen-bond acceptors (Lipinski definition) is 2. The van der Waals surface area contributed by atoms with Gasteiger partial charge in [-0.05, 0) is 19.9 Å². The number of hydrogen-bond donors (Lipinski definition) is 0. The lowest BCUT2D eigenvalue weighted by Gasteiger charge is -2.27. The molecule has 0 amide bonds. The molecule has 0 N–H and O–H groups in total. The van der Waals surface area contributed by atoms with Crippen molar-refractivity contribution in [3.8, 4) is 0 Å². The maximum absolute atomic E-state index is 5.70. The molecule has 0 radical (unpaired) electrons. The lowest BCUT2D eigenvalue weighted by atomic mass is 10.8. The molecule has 0 aromatic rings. The molecular formula is C9H20O2Si. The predicted molar refractivity (Wildman–Crippen MR) is 54.5 cm³/mol. The Morgan fingerprint density at radius 2 is 1.67 bits per heavy atom. The van der Waals surface area contributed by atoms with E-state index in [0.717, 1.165) is 25.3 Å². The van der Waals surface area contributed by atoms with Gasteiger partial charge in [0.15, 0.2) is 0 Å². The van der Waals surface area contributed by atoms with Gasteiger partial charge in [0.1, 0.15) is 0 Å². The van der Waals surface area contributed by atoms with E-state index in [4.69, 9.17) is 8.85 Å². The van der Waals surface area contributed by atoms with Gasteiger partial charge in [-0.2, -0.15) is 0 Å². The summed E-state index contributed by atoms with van der Waals surface area (Å²) in [6, 6.07) is 1.89. The van der Waals surface area contributed by atoms with Gasteiger partial charge in [0.05, 0.1) is 0 Å². The molecule has 12 heavy (non-hydrogen) atoms. The highest BCUT2D eigenvalue weighted by atomic mass is 28.4. The van der Waals surface area contributed by atoms with Crippen LogP contribution < -0.4 is 0 Å². The van der Waals surface area contributed by atoms with Crippen molar-refractivity contribution in [2.24, 2.45) is 0 Å². The zero-order valence-electron chi connectivity index (χ0n) is 8.43. The minimum Gasteiger partial charge on any atom is -0.394 e. The molecule has 2 nitrogen and oxygen atoms in total. The van der Waals surface area contributed by atoms with Crippen molar-refractivity contribution in [2.45, 2.75) is 32.9 Å². The van der Waals surface area contributed by atoms with Crippen LogP contribution in [0.4, 0.5) is 0 Å². The van der Waals surface area contributed by atoms with Crippen LogP contribution in [0.5, 0.6) is 0 Å². The SMILES string of the molecule is C=CC[Si](CC)(OCC)OCC. The lowest BCUT2D eigenvalue weighted by molar-refractivity contribution is 0.186. The van der Waals surface area contributed by atoms with Crippen LogP contribution in [-0.2, 0) is 8.85 Å². The van der Waals surface area contributed by atoms with Gasteiger partial charge in [-0.25, -0.2) is 0 Å². The summed E-state index contributed by atoms with van der Waals surface area (Å²) < 4.78 is 11.4. The van der Waals surface area contributed by atoms with Crippen LogP contribution in [0.25, 0.3) is 0 Å². The third-order valence-corrected chi connectivity index (χ3v) is 5.43. The van der Waals surface area contributed by atoms with Crippen molar-refractivity contribution in [2.75, 3.05) is 13.2 Å². The first-order chi connectivity index (χ1) is 5.74. The highest BCUT2D eigenvalue weighted by molar-refractivity contribution is 6.67. The normalized spacial score (nSPS) is 11.6. The van der Waals surface area contributed by atoms with E-state index < -0.39 is 8.56 Å². The van der Waals surface area contributed by atoms with Crippen molar-refractivity contribution in [3.63, 3.8) is 0 Å². The molecule has 0 fully saturated rings. The Morgan fingerprint density at radius 3 is 1.92 bits per heavy atom. The molecule has 0 aliphatic carbocycles. The maximum Gasteiger partial charge on any atom is 0.341 e. The van der Waals surface area contributed by atoms with E-state index in [2.05, 4.69) is 13.5 Å². The van der Waals surface area contributed by atoms with E-state index in [0.29, 0.717) is 0 Å². The molecule has 0 heterocycles. The average Bonchev–Trinajstić information content (AvgIpc) is 2.06. The Labute approximate surface area is 76.8 Å². The molecule has 0 aromatic carbocycles. The lowest BCUT2D eigenvalue weighted by Crippen LogP contribution is -2.40. The highest BCUT2D eigenvalue weighted by Crippen LogP contribution is 2.18. The van der Waals surface area contributed by atoms with Gasteiger partial charge in [0.25, 0.3) is 0 Å². The smallest absolute Gasteiger partial charge is 0.341 e. The van der Waals surface area contributed by atoms with Crippen molar-refractivity contribution in [3.05, 3.63) is 12.7 Å². The summed E-state index contributed by atoms with van der Waals surface area (Å²) in [4.78, 5) is 0. The summed E-state index contributed by atoms with van der Waals surface area (Å²) >= 11 is 0. The minimum absolute atomic E-state index is 0.744. The molecule has 0 saturated heterocycles. The number of rotatable bonds is 7. The fourth-order valence-electron chi connectivity index (χ4n) is 1.25. The van der Waals surface area contributed by atoms with E-state index in [-0.39, 0.29) is 0 Å². The minimum atomic E-state index is -1.89. The Bertz CT molecular complexity index is 120. The fourth-order valence-corrected chi connectivity index (χ4v) is 3.76. The van der Waals surface area contributed by atoms with Gasteiger partial charge in [-0.15, -0.1) is 6.58 Å². The molecule has 0 saturated carbocycles. The van der Waals surface area contributed by atoms with Gasteiger partial charge in [-0.3, -0.25) is 0 Å². The Balaban J connectivity index is 4.15. The predicted octanol–water partition coefficient (Wildman–Crippen LogP) is 2.71. The van der Waals surface area contributed by atoms with Gasteiger partial charge < -0.3 is 8.85 Å². The van der Waals surface area contributed by atoms with Crippen molar-refractivity contribution < 1.29 is 8.85 Å². The summed E-state index contributed by atoms with van der Waals surface area (Å²) in [6.07, 6.45) is 1.90. The van der Waals surface area contributed by atoms with Crippen molar-refractivity contribution >= 4 is 8.56 Å². The standard InChI is InChI=1S/C9H20O2Si/c1-5-9-12(8-4,10-6-2)11-7-3/h5H,1,6-9H2,2-4H3. The van der Waals surface area contributed by atoms with Gasteiger partial charge in [0, 0.05) is 19.3 Å². The van der Waals surface area contributed by atoms with Crippen LogP contribution in [0.2, 0.25) is 12.1 Å². The molecule has 0 aliphatic rings. The zero-order chi connectivity index (χ0) is 9.45. The molecule has 0 unspecified atom stereocenters. The zero-order valence-corrected chi connectivity index (χ0v) is 9.43. The second kappa shape index (κ2) is 6.40. The highest BCUT2D eigenvalue weighted by Gasteiger charge is 2.33. The summed E-state index contributed by atoms with van der Waals surface area (Å²) in [5, 5.41) is 0. The molecule has 0 rings (SSSR count). The van der Waals surface area contributed by atoms with Gasteiger partial charge >= 0.3 is 8.56 Å². The van der Waals surface area contributed by atoms with E-state index >= 15 is 0 Å². The van der Waals surface area contributed by atoms with Crippen LogP contribution in [0, 0.1) is 0 Å². The van der Waals surface area contributed by atoms with Crippen molar-refractivity contribution in [1.82, 2.24) is 0 Å². The van der Waals surface area contributed by atoms with Gasteiger partial charge in [0.2, 0.25) is 0 Å². The van der Waals surface area contributed by atoms with Crippen LogP contribution >= 0.6 is 0 Å². The van der Waals surface area contributed by atoms with E-state index in [9.17, 15) is 0 Å². The molecule has 0 aromatic heterocycles. The van der Waals surface area contributed by atoms with E-state index in [1.807, 2.05) is 19.9 Å². The third kappa shape index (κ3) is 3.52. The van der Waals surface area contributed by atoms with Crippen LogP contribution in [0.1, 0.15) is 20.8 Å². The topological polar surface area (TPSA) is 18.5 Å². The monoisotopic (exact) mass is 188 g/mol. The van der Waals surface area contributed by atoms with Crippen LogP contribution in [0.15, 0.2) is 12.7 Å². The molecule has 3 heteroatoms. The second-order valence-corrected chi connectivity index (χ2v) is 6.14. The van der Waals surface area contributed by atoms with E-state index in [1.54, 1.807) is 0 Å². The summed E-state index contributed by atoms with van der Waals surface area (Å²) in [5.41, 5.74) is 0. The molecule has 0 atom stereocenters. The van der Waals surface area contributed by atoms with Crippen LogP contribution in [-0.4, -0.2) is 21.8 Å². The van der Waals surface area contributed by atoms with Gasteiger partial charge in [-0.1, -0.05) is 13.0 Å². The largest absolute Gasteiger partial charge is 0.394 e. The molecule has 72 valence electrons. The molecule has 0 aliphatic heterocycles. The van der Waals surface area contributed by atoms with E-state index in [1.165, 1.54) is 0 Å². The maximum atomic E-state index is 5.70. The fraction of sp³-hybridized carbons (Fsp3) is 0.778. The molecular weight excluding hydrogens is 168 g/mol. The van der Waals surface area contributed by atoms with Crippen LogP contribution in [0.3, 0.4) is 0 Å². The molecule has 0 bridgehead atoms. The third-order valence-electron chi connectivity index (χ3n) is 1.81. The van der Waals surface area contributed by atoms with Crippen molar-refractivity contribution in [1.29, 1.82) is 0 Å².